The Morgan fingerprint density at radius 1 is 0.700 bits per heavy atom. The predicted molar refractivity (Wildman–Crippen MR) is 33.0 cm³/mol. The predicted octanol–water partition coefficient (Wildman–Crippen LogP) is 3.52. The second kappa shape index (κ2) is 4.66. The Labute approximate surface area is 99.8 Å². The smallest absolute Gasteiger partial charge is 0.257 e. The molecule has 20 heavy (non-hydrogen) atoms. The molecule has 0 radical (unpaired) electrons. The Balaban J connectivity index is 6.31. The summed E-state index contributed by atoms with van der Waals surface area (Å²) in [7, 11) is 0. The average molecular weight is 332 g/mol. The minimum absolute atomic E-state index is 1.40. The molecule has 0 heterocycles. The molecule has 120 valence electrons. The molecule has 0 amide bonds. The van der Waals surface area contributed by atoms with Crippen LogP contribution < -0.4 is 0 Å². The number of ether oxygens (including phenoxy) is 1. The molecule has 0 spiro atoms. The largest absolute Gasteiger partial charge is 0.525 e. The lowest BCUT2D eigenvalue weighted by atomic mass is 9.95. The van der Waals surface area contributed by atoms with E-state index in [2.05, 4.69) is 0 Å². The van der Waals surface area contributed by atoms with Gasteiger partial charge in [-0.05, 0) is 0 Å². The van der Waals surface area contributed by atoms with Crippen LogP contribution in [0.4, 0.5) is 52.7 Å². The van der Waals surface area contributed by atoms with Gasteiger partial charge in [0, 0.05) is 0 Å². The second-order valence-corrected chi connectivity index (χ2v) is 3.07. The van der Waals surface area contributed by atoms with Gasteiger partial charge in [-0.2, -0.15) is 35.1 Å². The highest BCUT2D eigenvalue weighted by Gasteiger charge is 2.87. The Kier molecular flexibility index (Phi) is 4.38. The summed E-state index contributed by atoms with van der Waals surface area (Å²) < 4.78 is 145. The number of carbonyl (C=O) groups excluding carboxylic acids is 1. The monoisotopic (exact) mass is 332 g/mol. The van der Waals surface area contributed by atoms with Crippen molar-refractivity contribution in [3.8, 4) is 0 Å². The molecule has 0 aliphatic carbocycles. The summed E-state index contributed by atoms with van der Waals surface area (Å²) in [6, 6.07) is -4.70. The van der Waals surface area contributed by atoms with Gasteiger partial charge in [0.05, 0.1) is 0 Å². The minimum Gasteiger partial charge on any atom is -0.257 e. The van der Waals surface area contributed by atoms with Crippen LogP contribution in [0.1, 0.15) is 0 Å². The van der Waals surface area contributed by atoms with Gasteiger partial charge >= 0.3 is 36.3 Å². The first-order valence-electron chi connectivity index (χ1n) is 3.88. The highest BCUT2D eigenvalue weighted by Crippen LogP contribution is 2.54. The topological polar surface area (TPSA) is 26.3 Å². The fourth-order valence-electron chi connectivity index (χ4n) is 0.903. The van der Waals surface area contributed by atoms with Crippen molar-refractivity contribution in [3.05, 3.63) is 0 Å². The summed E-state index contributed by atoms with van der Waals surface area (Å²) in [4.78, 5) is 9.74. The fraction of sp³-hybridized carbons (Fsp3) is 0.833. The standard InChI is InChI=1S/C6F12O2/c7-1(19)2(8,4(10,11)12)3(9,5(13,14)15)20-6(16,17)18. The molecule has 0 aliphatic rings. The van der Waals surface area contributed by atoms with E-state index in [0.717, 1.165) is 0 Å². The molecule has 2 atom stereocenters. The number of carbonyl (C=O) groups is 1. The average Bonchev–Trinajstić information content (AvgIpc) is 2.09. The molecule has 2 unspecified atom stereocenters. The van der Waals surface area contributed by atoms with E-state index in [-0.39, 0.29) is 0 Å². The zero-order chi connectivity index (χ0) is 16.8. The van der Waals surface area contributed by atoms with Gasteiger partial charge in [0.1, 0.15) is 0 Å². The number of rotatable bonds is 3. The normalized spacial score (nSPS) is 20.2. The first-order chi connectivity index (χ1) is 8.40. The van der Waals surface area contributed by atoms with Crippen molar-refractivity contribution < 1.29 is 62.2 Å². The van der Waals surface area contributed by atoms with E-state index in [1.807, 2.05) is 0 Å². The summed E-state index contributed by atoms with van der Waals surface area (Å²) in [5.74, 6) is -7.36. The third kappa shape index (κ3) is 2.93. The van der Waals surface area contributed by atoms with Crippen LogP contribution in [0.3, 0.4) is 0 Å². The van der Waals surface area contributed by atoms with Crippen molar-refractivity contribution in [1.29, 1.82) is 0 Å². The number of halogens is 12. The Hall–Kier alpha value is -1.21. The van der Waals surface area contributed by atoms with Crippen LogP contribution in [-0.2, 0) is 9.53 Å². The Bertz CT molecular complexity index is 379. The molecule has 0 aliphatic heterocycles. The van der Waals surface area contributed by atoms with Crippen molar-refractivity contribution in [1.82, 2.24) is 0 Å². The molecule has 14 heteroatoms. The van der Waals surface area contributed by atoms with Crippen LogP contribution >= 0.6 is 0 Å². The number of alkyl halides is 11. The van der Waals surface area contributed by atoms with Crippen LogP contribution in [0, 0.1) is 0 Å². The number of hydrogen-bond acceptors (Lipinski definition) is 2. The second-order valence-electron chi connectivity index (χ2n) is 3.07. The third-order valence-corrected chi connectivity index (χ3v) is 1.73. The van der Waals surface area contributed by atoms with E-state index >= 15 is 0 Å². The van der Waals surface area contributed by atoms with Crippen molar-refractivity contribution in [2.45, 2.75) is 30.2 Å². The molecular formula is C6F12O2. The lowest BCUT2D eigenvalue weighted by Crippen LogP contribution is -2.69. The van der Waals surface area contributed by atoms with Crippen LogP contribution in [0.15, 0.2) is 0 Å². The maximum Gasteiger partial charge on any atom is 0.525 e. The summed E-state index contributed by atoms with van der Waals surface area (Å²) in [5, 5.41) is 0. The lowest BCUT2D eigenvalue weighted by Gasteiger charge is -2.37. The summed E-state index contributed by atoms with van der Waals surface area (Å²) in [6.45, 7) is 0. The maximum absolute atomic E-state index is 13.0. The van der Waals surface area contributed by atoms with Gasteiger partial charge in [0.2, 0.25) is 0 Å². The highest BCUT2D eigenvalue weighted by atomic mass is 19.4. The maximum atomic E-state index is 13.0. The van der Waals surface area contributed by atoms with Crippen molar-refractivity contribution in [2.24, 2.45) is 0 Å². The molecule has 0 bridgehead atoms. The number of hydrogen-bond donors (Lipinski definition) is 0. The molecule has 0 rings (SSSR count). The molecule has 0 saturated carbocycles. The molecule has 0 aromatic carbocycles. The van der Waals surface area contributed by atoms with E-state index < -0.39 is 36.3 Å². The summed E-state index contributed by atoms with van der Waals surface area (Å²) in [6.07, 6.45) is -21.5. The van der Waals surface area contributed by atoms with Gasteiger partial charge in [0.15, 0.2) is 0 Å². The molecule has 0 saturated heterocycles. The fourth-order valence-corrected chi connectivity index (χ4v) is 0.903. The Morgan fingerprint density at radius 2 is 1.05 bits per heavy atom. The molecule has 0 aromatic rings. The molecule has 0 N–H and O–H groups in total. The van der Waals surface area contributed by atoms with Crippen molar-refractivity contribution >= 4 is 6.04 Å². The van der Waals surface area contributed by atoms with Gasteiger partial charge in [-0.25, -0.2) is 9.13 Å². The molecule has 2 nitrogen and oxygen atoms in total. The first kappa shape index (κ1) is 18.8. The van der Waals surface area contributed by atoms with Crippen LogP contribution in [0.5, 0.6) is 0 Å². The van der Waals surface area contributed by atoms with Crippen LogP contribution in [0.2, 0.25) is 0 Å². The third-order valence-electron chi connectivity index (χ3n) is 1.73. The summed E-state index contributed by atoms with van der Waals surface area (Å²) >= 11 is 0. The van der Waals surface area contributed by atoms with E-state index in [9.17, 15) is 57.5 Å². The van der Waals surface area contributed by atoms with Crippen LogP contribution in [-0.4, -0.2) is 36.3 Å². The van der Waals surface area contributed by atoms with E-state index in [1.54, 1.807) is 0 Å². The van der Waals surface area contributed by atoms with E-state index in [1.165, 1.54) is 4.74 Å². The first-order valence-corrected chi connectivity index (χ1v) is 3.88. The summed E-state index contributed by atoms with van der Waals surface area (Å²) in [5.41, 5.74) is -7.26. The van der Waals surface area contributed by atoms with E-state index in [0.29, 0.717) is 0 Å². The minimum atomic E-state index is -7.38. The lowest BCUT2D eigenvalue weighted by molar-refractivity contribution is -0.486. The highest BCUT2D eigenvalue weighted by molar-refractivity contribution is 5.81. The zero-order valence-electron chi connectivity index (χ0n) is 8.35. The van der Waals surface area contributed by atoms with Crippen LogP contribution in [0.25, 0.3) is 0 Å². The van der Waals surface area contributed by atoms with Gasteiger partial charge in [0.25, 0.3) is 0 Å². The van der Waals surface area contributed by atoms with Crippen molar-refractivity contribution in [3.63, 3.8) is 0 Å². The van der Waals surface area contributed by atoms with Gasteiger partial charge < -0.3 is 0 Å². The van der Waals surface area contributed by atoms with Gasteiger partial charge in [-0.15, -0.1) is 13.2 Å². The Morgan fingerprint density at radius 3 is 1.20 bits per heavy atom. The SMILES string of the molecule is O=C(F)C(F)(C(F)(F)F)C(F)(OC(F)(F)F)C(F)(F)F. The quantitative estimate of drug-likeness (QED) is 0.584. The molecular weight excluding hydrogens is 332 g/mol. The van der Waals surface area contributed by atoms with Crippen molar-refractivity contribution in [2.75, 3.05) is 0 Å². The van der Waals surface area contributed by atoms with Gasteiger partial charge in [-0.3, -0.25) is 4.79 Å². The van der Waals surface area contributed by atoms with Gasteiger partial charge in [-0.1, -0.05) is 0 Å². The molecule has 0 aromatic heterocycles. The zero-order valence-corrected chi connectivity index (χ0v) is 8.35. The van der Waals surface area contributed by atoms with E-state index in [4.69, 9.17) is 0 Å². The molecule has 0 fully saturated rings.